The number of urea groups is 1. The number of ether oxygens (including phenoxy) is 1. The van der Waals surface area contributed by atoms with Crippen LogP contribution in [0, 0.1) is 5.82 Å². The van der Waals surface area contributed by atoms with E-state index in [9.17, 15) is 14.0 Å². The zero-order valence-electron chi connectivity index (χ0n) is 14.0. The zero-order valence-corrected chi connectivity index (χ0v) is 14.0. The van der Waals surface area contributed by atoms with Gasteiger partial charge in [-0.2, -0.15) is 0 Å². The van der Waals surface area contributed by atoms with E-state index in [1.807, 2.05) is 0 Å². The van der Waals surface area contributed by atoms with Crippen LogP contribution in [-0.2, 0) is 9.53 Å². The molecule has 2 aromatic carbocycles. The number of nitrogens with one attached hydrogen (secondary N) is 3. The van der Waals surface area contributed by atoms with Gasteiger partial charge in [-0.15, -0.1) is 0 Å². The minimum Gasteiger partial charge on any atom is -0.375 e. The van der Waals surface area contributed by atoms with E-state index >= 15 is 0 Å². The molecule has 0 aliphatic heterocycles. The van der Waals surface area contributed by atoms with Crippen LogP contribution in [-0.4, -0.2) is 25.7 Å². The van der Waals surface area contributed by atoms with Crippen LogP contribution in [0.4, 0.5) is 20.6 Å². The minimum atomic E-state index is -0.405. The second-order valence-corrected chi connectivity index (χ2v) is 5.43. The van der Waals surface area contributed by atoms with Crippen molar-refractivity contribution in [2.75, 3.05) is 24.4 Å². The van der Waals surface area contributed by atoms with Gasteiger partial charge in [-0.05, 0) is 42.8 Å². The van der Waals surface area contributed by atoms with E-state index in [4.69, 9.17) is 4.74 Å². The third-order valence-electron chi connectivity index (χ3n) is 3.40. The molecule has 0 saturated heterocycles. The molecule has 3 amide bonds. The highest BCUT2D eigenvalue weighted by atomic mass is 19.1. The monoisotopic (exact) mass is 345 g/mol. The lowest BCUT2D eigenvalue weighted by Gasteiger charge is -2.15. The molecule has 25 heavy (non-hydrogen) atoms. The molecular weight excluding hydrogens is 325 g/mol. The second-order valence-electron chi connectivity index (χ2n) is 5.43. The van der Waals surface area contributed by atoms with Crippen LogP contribution >= 0.6 is 0 Å². The van der Waals surface area contributed by atoms with Crippen molar-refractivity contribution in [2.45, 2.75) is 13.0 Å². The largest absolute Gasteiger partial charge is 0.375 e. The summed E-state index contributed by atoms with van der Waals surface area (Å²) in [6.45, 7) is 1.75. The molecule has 7 heteroatoms. The molecule has 1 unspecified atom stereocenters. The van der Waals surface area contributed by atoms with Gasteiger partial charge < -0.3 is 20.7 Å². The van der Waals surface area contributed by atoms with Gasteiger partial charge >= 0.3 is 6.03 Å². The van der Waals surface area contributed by atoms with Crippen molar-refractivity contribution in [2.24, 2.45) is 0 Å². The fourth-order valence-electron chi connectivity index (χ4n) is 2.20. The molecule has 132 valence electrons. The number of methoxy groups -OCH3 is 1. The van der Waals surface area contributed by atoms with Gasteiger partial charge in [-0.1, -0.05) is 18.2 Å². The maximum absolute atomic E-state index is 12.9. The number of amides is 3. The fraction of sp³-hybridized carbons (Fsp3) is 0.222. The van der Waals surface area contributed by atoms with Gasteiger partial charge in [0.1, 0.15) is 12.4 Å². The molecule has 0 aromatic heterocycles. The molecule has 0 aliphatic carbocycles. The van der Waals surface area contributed by atoms with E-state index in [0.717, 1.165) is 5.56 Å². The molecule has 0 bridgehead atoms. The van der Waals surface area contributed by atoms with Crippen molar-refractivity contribution in [3.8, 4) is 0 Å². The van der Waals surface area contributed by atoms with Gasteiger partial charge in [0.15, 0.2) is 0 Å². The molecule has 3 N–H and O–H groups in total. The SMILES string of the molecule is COCC(=O)Nc1cccc(NC(=O)NC(C)c2ccc(F)cc2)c1. The van der Waals surface area contributed by atoms with Crippen molar-refractivity contribution in [3.05, 3.63) is 59.9 Å². The first-order chi connectivity index (χ1) is 12.0. The van der Waals surface area contributed by atoms with Crippen LogP contribution in [0.1, 0.15) is 18.5 Å². The first kappa shape index (κ1) is 18.4. The highest BCUT2D eigenvalue weighted by Crippen LogP contribution is 2.16. The maximum Gasteiger partial charge on any atom is 0.319 e. The summed E-state index contributed by atoms with van der Waals surface area (Å²) in [5.74, 6) is -0.609. The topological polar surface area (TPSA) is 79.5 Å². The van der Waals surface area contributed by atoms with Crippen molar-refractivity contribution in [3.63, 3.8) is 0 Å². The van der Waals surface area contributed by atoms with Crippen LogP contribution in [0.25, 0.3) is 0 Å². The fourth-order valence-corrected chi connectivity index (χ4v) is 2.20. The Bertz CT molecular complexity index is 735. The van der Waals surface area contributed by atoms with Crippen LogP contribution < -0.4 is 16.0 Å². The van der Waals surface area contributed by atoms with E-state index in [2.05, 4.69) is 16.0 Å². The van der Waals surface area contributed by atoms with Gasteiger partial charge in [-0.3, -0.25) is 4.79 Å². The van der Waals surface area contributed by atoms with Gasteiger partial charge in [0.2, 0.25) is 5.91 Å². The zero-order chi connectivity index (χ0) is 18.2. The number of carbonyl (C=O) groups excluding carboxylic acids is 2. The average Bonchev–Trinajstić information content (AvgIpc) is 2.55. The van der Waals surface area contributed by atoms with Crippen molar-refractivity contribution < 1.29 is 18.7 Å². The summed E-state index contributed by atoms with van der Waals surface area (Å²) in [6.07, 6.45) is 0. The summed E-state index contributed by atoms with van der Waals surface area (Å²) < 4.78 is 17.7. The Balaban J connectivity index is 1.93. The smallest absolute Gasteiger partial charge is 0.319 e. The number of hydrogen-bond donors (Lipinski definition) is 3. The summed E-state index contributed by atoms with van der Waals surface area (Å²) in [6, 6.07) is 12.0. The molecule has 0 aliphatic rings. The predicted molar refractivity (Wildman–Crippen MR) is 93.9 cm³/mol. The molecule has 0 radical (unpaired) electrons. The minimum absolute atomic E-state index is 0.0483. The number of hydrogen-bond acceptors (Lipinski definition) is 3. The first-order valence-corrected chi connectivity index (χ1v) is 7.70. The summed E-state index contributed by atoms with van der Waals surface area (Å²) >= 11 is 0. The molecule has 0 heterocycles. The van der Waals surface area contributed by atoms with Gasteiger partial charge in [0.05, 0.1) is 6.04 Å². The highest BCUT2D eigenvalue weighted by molar-refractivity contribution is 5.94. The van der Waals surface area contributed by atoms with E-state index in [1.165, 1.54) is 19.2 Å². The number of benzene rings is 2. The Morgan fingerprint density at radius 2 is 1.72 bits per heavy atom. The quantitative estimate of drug-likeness (QED) is 0.752. The predicted octanol–water partition coefficient (Wildman–Crippen LogP) is 3.29. The molecule has 2 rings (SSSR count). The highest BCUT2D eigenvalue weighted by Gasteiger charge is 2.10. The number of halogens is 1. The Kier molecular flexibility index (Phi) is 6.47. The van der Waals surface area contributed by atoms with E-state index < -0.39 is 6.03 Å². The lowest BCUT2D eigenvalue weighted by Crippen LogP contribution is -2.31. The molecule has 0 saturated carbocycles. The van der Waals surface area contributed by atoms with Crippen LogP contribution in [0.2, 0.25) is 0 Å². The molecule has 2 aromatic rings. The Morgan fingerprint density at radius 1 is 1.08 bits per heavy atom. The third kappa shape index (κ3) is 5.89. The third-order valence-corrected chi connectivity index (χ3v) is 3.40. The van der Waals surface area contributed by atoms with E-state index in [1.54, 1.807) is 43.3 Å². The Morgan fingerprint density at radius 3 is 2.36 bits per heavy atom. The number of anilines is 2. The number of carbonyl (C=O) groups is 2. The van der Waals surface area contributed by atoms with Crippen molar-refractivity contribution >= 4 is 23.3 Å². The molecule has 0 spiro atoms. The standard InChI is InChI=1S/C18H20FN3O3/c1-12(13-6-8-14(19)9-7-13)20-18(24)22-16-5-3-4-15(10-16)21-17(23)11-25-2/h3-10,12H,11H2,1-2H3,(H,21,23)(H2,20,22,24). The average molecular weight is 345 g/mol. The van der Waals surface area contributed by atoms with Crippen molar-refractivity contribution in [1.82, 2.24) is 5.32 Å². The summed E-state index contributed by atoms with van der Waals surface area (Å²) in [5.41, 5.74) is 1.86. The second kappa shape index (κ2) is 8.79. The lowest BCUT2D eigenvalue weighted by atomic mass is 10.1. The maximum atomic E-state index is 12.9. The first-order valence-electron chi connectivity index (χ1n) is 7.70. The van der Waals surface area contributed by atoms with E-state index in [0.29, 0.717) is 11.4 Å². The molecular formula is C18H20FN3O3. The molecule has 6 nitrogen and oxygen atoms in total. The molecule has 0 fully saturated rings. The molecule has 1 atom stereocenters. The van der Waals surface area contributed by atoms with Crippen LogP contribution in [0.3, 0.4) is 0 Å². The van der Waals surface area contributed by atoms with Gasteiger partial charge in [-0.25, -0.2) is 9.18 Å². The summed E-state index contributed by atoms with van der Waals surface area (Å²) in [4.78, 5) is 23.6. The van der Waals surface area contributed by atoms with Crippen molar-refractivity contribution in [1.29, 1.82) is 0 Å². The van der Waals surface area contributed by atoms with Gasteiger partial charge in [0.25, 0.3) is 0 Å². The van der Waals surface area contributed by atoms with E-state index in [-0.39, 0.29) is 24.4 Å². The van der Waals surface area contributed by atoms with Crippen LogP contribution in [0.5, 0.6) is 0 Å². The summed E-state index contributed by atoms with van der Waals surface area (Å²) in [7, 11) is 1.43. The summed E-state index contributed by atoms with van der Waals surface area (Å²) in [5, 5.41) is 8.11. The number of rotatable bonds is 6. The normalized spacial score (nSPS) is 11.5. The Labute approximate surface area is 145 Å². The van der Waals surface area contributed by atoms with Crippen LogP contribution in [0.15, 0.2) is 48.5 Å². The Hall–Kier alpha value is -2.93. The lowest BCUT2D eigenvalue weighted by molar-refractivity contribution is -0.119. The van der Waals surface area contributed by atoms with Gasteiger partial charge in [0, 0.05) is 18.5 Å².